The highest BCUT2D eigenvalue weighted by Gasteiger charge is 2.30. The van der Waals surface area contributed by atoms with Gasteiger partial charge in [0.25, 0.3) is 0 Å². The van der Waals surface area contributed by atoms with Crippen molar-refractivity contribution in [2.45, 2.75) is 19.9 Å². The average molecular weight is 268 g/mol. The van der Waals surface area contributed by atoms with Crippen LogP contribution in [0, 0.1) is 23.5 Å². The maximum absolute atomic E-state index is 13.1. The van der Waals surface area contributed by atoms with E-state index in [1.807, 2.05) is 6.92 Å². The van der Waals surface area contributed by atoms with Crippen LogP contribution in [0.3, 0.4) is 0 Å². The van der Waals surface area contributed by atoms with E-state index < -0.39 is 11.6 Å². The van der Waals surface area contributed by atoms with Crippen molar-refractivity contribution in [2.24, 2.45) is 11.8 Å². The van der Waals surface area contributed by atoms with Crippen LogP contribution in [0.4, 0.5) is 8.78 Å². The highest BCUT2D eigenvalue weighted by atomic mass is 19.2. The molecule has 0 aliphatic carbocycles. The van der Waals surface area contributed by atoms with E-state index in [-0.39, 0.29) is 23.8 Å². The molecule has 3 unspecified atom stereocenters. The second kappa shape index (κ2) is 5.65. The van der Waals surface area contributed by atoms with Gasteiger partial charge >= 0.3 is 0 Å². The lowest BCUT2D eigenvalue weighted by Crippen LogP contribution is -2.36. The number of halogens is 2. The first-order chi connectivity index (χ1) is 8.99. The zero-order valence-corrected chi connectivity index (χ0v) is 11.0. The third-order valence-corrected chi connectivity index (χ3v) is 3.66. The van der Waals surface area contributed by atoms with Gasteiger partial charge in [-0.25, -0.2) is 8.78 Å². The monoisotopic (exact) mass is 268 g/mol. The van der Waals surface area contributed by atoms with Crippen molar-refractivity contribution in [1.29, 1.82) is 0 Å². The highest BCUT2D eigenvalue weighted by Crippen LogP contribution is 2.20. The lowest BCUT2D eigenvalue weighted by Gasteiger charge is -2.19. The molecular formula is C14H18F2N2O. The minimum atomic E-state index is -0.894. The summed E-state index contributed by atoms with van der Waals surface area (Å²) in [6.45, 7) is 5.28. The Morgan fingerprint density at radius 2 is 2.11 bits per heavy atom. The van der Waals surface area contributed by atoms with Gasteiger partial charge in [0.2, 0.25) is 5.91 Å². The van der Waals surface area contributed by atoms with Crippen LogP contribution in [0.2, 0.25) is 0 Å². The van der Waals surface area contributed by atoms with Crippen LogP contribution in [-0.4, -0.2) is 19.0 Å². The molecule has 0 bridgehead atoms. The summed E-state index contributed by atoms with van der Waals surface area (Å²) < 4.78 is 26.0. The summed E-state index contributed by atoms with van der Waals surface area (Å²) in [5.41, 5.74) is 0.561. The van der Waals surface area contributed by atoms with Crippen molar-refractivity contribution in [3.8, 4) is 0 Å². The van der Waals surface area contributed by atoms with Crippen molar-refractivity contribution < 1.29 is 13.6 Å². The molecule has 1 fully saturated rings. The number of nitrogens with one attached hydrogen (secondary N) is 2. The summed E-state index contributed by atoms with van der Waals surface area (Å²) in [7, 11) is 0. The standard InChI is InChI=1S/C14H18F2N2O/c1-8-6-17-7-11(8)14(19)18-9(2)10-3-4-12(15)13(16)5-10/h3-5,8-9,11,17H,6-7H2,1-2H3,(H,18,19). The van der Waals surface area contributed by atoms with Gasteiger partial charge in [-0.2, -0.15) is 0 Å². The molecule has 3 nitrogen and oxygen atoms in total. The van der Waals surface area contributed by atoms with E-state index in [1.165, 1.54) is 6.07 Å². The fourth-order valence-electron chi connectivity index (χ4n) is 2.35. The van der Waals surface area contributed by atoms with Gasteiger partial charge in [0.05, 0.1) is 12.0 Å². The van der Waals surface area contributed by atoms with Crippen LogP contribution >= 0.6 is 0 Å². The van der Waals surface area contributed by atoms with Crippen LogP contribution in [0.25, 0.3) is 0 Å². The molecule has 0 spiro atoms. The van der Waals surface area contributed by atoms with E-state index >= 15 is 0 Å². The molecule has 3 atom stereocenters. The Kier molecular flexibility index (Phi) is 4.14. The van der Waals surface area contributed by atoms with Crippen LogP contribution < -0.4 is 10.6 Å². The summed E-state index contributed by atoms with van der Waals surface area (Å²) >= 11 is 0. The van der Waals surface area contributed by atoms with Crippen molar-refractivity contribution in [3.63, 3.8) is 0 Å². The first kappa shape index (κ1) is 13.9. The van der Waals surface area contributed by atoms with Crippen molar-refractivity contribution in [3.05, 3.63) is 35.4 Å². The normalized spacial score (nSPS) is 24.2. The molecular weight excluding hydrogens is 250 g/mol. The Balaban J connectivity index is 2.02. The molecule has 2 rings (SSSR count). The zero-order chi connectivity index (χ0) is 14.0. The van der Waals surface area contributed by atoms with E-state index in [0.29, 0.717) is 12.1 Å². The number of hydrogen-bond donors (Lipinski definition) is 2. The average Bonchev–Trinajstić information content (AvgIpc) is 2.79. The van der Waals surface area contributed by atoms with E-state index in [0.717, 1.165) is 18.7 Å². The molecule has 1 aliphatic heterocycles. The van der Waals surface area contributed by atoms with Crippen molar-refractivity contribution in [2.75, 3.05) is 13.1 Å². The second-order valence-corrected chi connectivity index (χ2v) is 5.15. The van der Waals surface area contributed by atoms with E-state index in [9.17, 15) is 13.6 Å². The maximum Gasteiger partial charge on any atom is 0.225 e. The molecule has 1 saturated heterocycles. The zero-order valence-electron chi connectivity index (χ0n) is 11.0. The van der Waals surface area contributed by atoms with Gasteiger partial charge in [-0.3, -0.25) is 4.79 Å². The van der Waals surface area contributed by atoms with Crippen LogP contribution in [0.5, 0.6) is 0 Å². The van der Waals surface area contributed by atoms with Gasteiger partial charge in [-0.15, -0.1) is 0 Å². The molecule has 1 aromatic rings. The lowest BCUT2D eigenvalue weighted by atomic mass is 9.96. The largest absolute Gasteiger partial charge is 0.349 e. The van der Waals surface area contributed by atoms with Crippen LogP contribution in [-0.2, 0) is 4.79 Å². The number of amides is 1. The smallest absolute Gasteiger partial charge is 0.225 e. The molecule has 1 amide bonds. The van der Waals surface area contributed by atoms with Gasteiger partial charge in [-0.05, 0) is 37.1 Å². The quantitative estimate of drug-likeness (QED) is 0.880. The van der Waals surface area contributed by atoms with Crippen molar-refractivity contribution in [1.82, 2.24) is 10.6 Å². The van der Waals surface area contributed by atoms with Crippen LogP contribution in [0.15, 0.2) is 18.2 Å². The summed E-state index contributed by atoms with van der Waals surface area (Å²) in [6.07, 6.45) is 0. The number of benzene rings is 1. The molecule has 1 aliphatic rings. The molecule has 0 radical (unpaired) electrons. The van der Waals surface area contributed by atoms with Gasteiger partial charge in [0, 0.05) is 6.54 Å². The predicted molar refractivity (Wildman–Crippen MR) is 68.4 cm³/mol. The third-order valence-electron chi connectivity index (χ3n) is 3.66. The molecule has 104 valence electrons. The number of rotatable bonds is 3. The number of carbonyl (C=O) groups is 1. The van der Waals surface area contributed by atoms with E-state index in [1.54, 1.807) is 6.92 Å². The van der Waals surface area contributed by atoms with Gasteiger partial charge < -0.3 is 10.6 Å². The summed E-state index contributed by atoms with van der Waals surface area (Å²) in [5.74, 6) is -1.59. The third kappa shape index (κ3) is 3.10. The van der Waals surface area contributed by atoms with Gasteiger partial charge in [0.15, 0.2) is 11.6 Å². The Bertz CT molecular complexity index is 479. The summed E-state index contributed by atoms with van der Waals surface area (Å²) in [4.78, 5) is 12.1. The minimum Gasteiger partial charge on any atom is -0.349 e. The summed E-state index contributed by atoms with van der Waals surface area (Å²) in [6, 6.07) is 3.35. The van der Waals surface area contributed by atoms with Gasteiger partial charge in [0.1, 0.15) is 0 Å². The Morgan fingerprint density at radius 3 is 2.68 bits per heavy atom. The highest BCUT2D eigenvalue weighted by molar-refractivity contribution is 5.80. The first-order valence-electron chi connectivity index (χ1n) is 6.45. The molecule has 1 aromatic carbocycles. The van der Waals surface area contributed by atoms with Crippen molar-refractivity contribution >= 4 is 5.91 Å². The first-order valence-corrected chi connectivity index (χ1v) is 6.45. The van der Waals surface area contributed by atoms with E-state index in [2.05, 4.69) is 10.6 Å². The topological polar surface area (TPSA) is 41.1 Å². The predicted octanol–water partition coefficient (Wildman–Crippen LogP) is 2.00. The fourth-order valence-corrected chi connectivity index (χ4v) is 2.35. The van der Waals surface area contributed by atoms with Crippen LogP contribution in [0.1, 0.15) is 25.5 Å². The molecule has 5 heteroatoms. The molecule has 0 saturated carbocycles. The Morgan fingerprint density at radius 1 is 1.37 bits per heavy atom. The summed E-state index contributed by atoms with van der Waals surface area (Å²) in [5, 5.41) is 6.01. The number of hydrogen-bond acceptors (Lipinski definition) is 2. The lowest BCUT2D eigenvalue weighted by molar-refractivity contribution is -0.126. The molecule has 19 heavy (non-hydrogen) atoms. The molecule has 1 heterocycles. The minimum absolute atomic E-state index is 0.0465. The Labute approximate surface area is 111 Å². The van der Waals surface area contributed by atoms with Gasteiger partial charge in [-0.1, -0.05) is 13.0 Å². The second-order valence-electron chi connectivity index (χ2n) is 5.15. The SMILES string of the molecule is CC(NC(=O)C1CNCC1C)c1ccc(F)c(F)c1. The van der Waals surface area contributed by atoms with E-state index in [4.69, 9.17) is 0 Å². The molecule has 2 N–H and O–H groups in total. The molecule has 0 aromatic heterocycles. The fraction of sp³-hybridized carbons (Fsp3) is 0.500. The number of carbonyl (C=O) groups excluding carboxylic acids is 1. The Hall–Kier alpha value is -1.49. The maximum atomic E-state index is 13.1.